The standard InChI is InChI=1S/C11H15FN2O/c1-2-15-9-6-14(7-9)11-4-3-8(13)5-10(11)12/h3-5,9H,2,6-7,13H2,1H3. The molecule has 3 nitrogen and oxygen atoms in total. The monoisotopic (exact) mass is 210 g/mol. The molecule has 4 heteroatoms. The van der Waals surface area contributed by atoms with E-state index < -0.39 is 0 Å². The third-order valence-corrected chi connectivity index (χ3v) is 2.56. The zero-order chi connectivity index (χ0) is 10.8. The van der Waals surface area contributed by atoms with Crippen LogP contribution in [0.15, 0.2) is 18.2 Å². The molecule has 1 saturated heterocycles. The van der Waals surface area contributed by atoms with E-state index in [0.717, 1.165) is 13.1 Å². The van der Waals surface area contributed by atoms with Crippen LogP contribution in [0.2, 0.25) is 0 Å². The van der Waals surface area contributed by atoms with Crippen molar-refractivity contribution < 1.29 is 9.13 Å². The highest BCUT2D eigenvalue weighted by Gasteiger charge is 2.28. The third-order valence-electron chi connectivity index (χ3n) is 2.56. The summed E-state index contributed by atoms with van der Waals surface area (Å²) < 4.78 is 18.9. The number of ether oxygens (including phenoxy) is 1. The lowest BCUT2D eigenvalue weighted by Crippen LogP contribution is -2.52. The van der Waals surface area contributed by atoms with Crippen LogP contribution in [0.3, 0.4) is 0 Å². The number of nitrogen functional groups attached to an aromatic ring is 1. The second-order valence-corrected chi connectivity index (χ2v) is 3.69. The van der Waals surface area contributed by atoms with Gasteiger partial charge in [0, 0.05) is 25.4 Å². The molecule has 0 amide bonds. The quantitative estimate of drug-likeness (QED) is 0.771. The fourth-order valence-corrected chi connectivity index (χ4v) is 1.76. The van der Waals surface area contributed by atoms with E-state index in [4.69, 9.17) is 10.5 Å². The number of hydrogen-bond donors (Lipinski definition) is 1. The van der Waals surface area contributed by atoms with Crippen molar-refractivity contribution in [3.63, 3.8) is 0 Å². The molecular weight excluding hydrogens is 195 g/mol. The molecule has 2 N–H and O–H groups in total. The van der Waals surface area contributed by atoms with E-state index in [2.05, 4.69) is 0 Å². The Labute approximate surface area is 88.6 Å². The summed E-state index contributed by atoms with van der Waals surface area (Å²) in [7, 11) is 0. The van der Waals surface area contributed by atoms with Crippen molar-refractivity contribution in [2.24, 2.45) is 0 Å². The van der Waals surface area contributed by atoms with Gasteiger partial charge in [-0.25, -0.2) is 4.39 Å². The molecule has 0 atom stereocenters. The Morgan fingerprint density at radius 2 is 2.27 bits per heavy atom. The van der Waals surface area contributed by atoms with Crippen molar-refractivity contribution in [1.82, 2.24) is 0 Å². The average Bonchev–Trinajstić information content (AvgIpc) is 2.12. The fourth-order valence-electron chi connectivity index (χ4n) is 1.76. The number of anilines is 2. The first-order chi connectivity index (χ1) is 7.20. The predicted octanol–water partition coefficient (Wildman–Crippen LogP) is 1.63. The van der Waals surface area contributed by atoms with Crippen LogP contribution in [0.1, 0.15) is 6.92 Å². The first-order valence-electron chi connectivity index (χ1n) is 5.12. The molecule has 82 valence electrons. The summed E-state index contributed by atoms with van der Waals surface area (Å²) in [5.41, 5.74) is 6.55. The van der Waals surface area contributed by atoms with E-state index >= 15 is 0 Å². The van der Waals surface area contributed by atoms with Gasteiger partial charge in [-0.3, -0.25) is 0 Å². The Kier molecular flexibility index (Phi) is 2.77. The van der Waals surface area contributed by atoms with E-state index in [1.165, 1.54) is 6.07 Å². The molecule has 0 bridgehead atoms. The number of hydrogen-bond acceptors (Lipinski definition) is 3. The molecule has 0 unspecified atom stereocenters. The van der Waals surface area contributed by atoms with E-state index in [9.17, 15) is 4.39 Å². The number of nitrogens with two attached hydrogens (primary N) is 1. The zero-order valence-electron chi connectivity index (χ0n) is 8.74. The molecule has 0 saturated carbocycles. The minimum Gasteiger partial charge on any atom is -0.399 e. The van der Waals surface area contributed by atoms with Crippen LogP contribution in [-0.4, -0.2) is 25.8 Å². The van der Waals surface area contributed by atoms with Gasteiger partial charge in [-0.15, -0.1) is 0 Å². The van der Waals surface area contributed by atoms with Crippen LogP contribution >= 0.6 is 0 Å². The average molecular weight is 210 g/mol. The summed E-state index contributed by atoms with van der Waals surface area (Å²) in [5.74, 6) is -0.259. The molecule has 1 heterocycles. The van der Waals surface area contributed by atoms with Gasteiger partial charge in [-0.1, -0.05) is 0 Å². The van der Waals surface area contributed by atoms with Crippen LogP contribution in [0.25, 0.3) is 0 Å². The summed E-state index contributed by atoms with van der Waals surface area (Å²) in [6.45, 7) is 4.19. The van der Waals surface area contributed by atoms with Gasteiger partial charge in [-0.2, -0.15) is 0 Å². The fraction of sp³-hybridized carbons (Fsp3) is 0.455. The van der Waals surface area contributed by atoms with Gasteiger partial charge in [-0.05, 0) is 25.1 Å². The summed E-state index contributed by atoms with van der Waals surface area (Å²) in [6.07, 6.45) is 0.243. The molecule has 1 fully saturated rings. The van der Waals surface area contributed by atoms with Crippen molar-refractivity contribution in [3.05, 3.63) is 24.0 Å². The minimum atomic E-state index is -0.259. The SMILES string of the molecule is CCOC1CN(c2ccc(N)cc2F)C1. The first-order valence-corrected chi connectivity index (χ1v) is 5.12. The maximum atomic E-state index is 13.5. The van der Waals surface area contributed by atoms with Gasteiger partial charge in [0.1, 0.15) is 5.82 Å². The van der Waals surface area contributed by atoms with Gasteiger partial charge in [0.05, 0.1) is 11.8 Å². The van der Waals surface area contributed by atoms with E-state index in [-0.39, 0.29) is 11.9 Å². The smallest absolute Gasteiger partial charge is 0.148 e. The molecule has 15 heavy (non-hydrogen) atoms. The third kappa shape index (κ3) is 2.04. The van der Waals surface area contributed by atoms with E-state index in [1.807, 2.05) is 11.8 Å². The van der Waals surface area contributed by atoms with E-state index in [1.54, 1.807) is 12.1 Å². The molecule has 1 aromatic rings. The highest BCUT2D eigenvalue weighted by Crippen LogP contribution is 2.26. The van der Waals surface area contributed by atoms with Crippen LogP contribution in [-0.2, 0) is 4.74 Å². The van der Waals surface area contributed by atoms with Crippen molar-refractivity contribution >= 4 is 11.4 Å². The second-order valence-electron chi connectivity index (χ2n) is 3.69. The lowest BCUT2D eigenvalue weighted by molar-refractivity contribution is 0.0428. The molecule has 1 aliphatic heterocycles. The minimum absolute atomic E-state index is 0.243. The first kappa shape index (κ1) is 10.2. The van der Waals surface area contributed by atoms with Gasteiger partial charge in [0.2, 0.25) is 0 Å². The Morgan fingerprint density at radius 1 is 1.53 bits per heavy atom. The number of halogens is 1. The van der Waals surface area contributed by atoms with Gasteiger partial charge >= 0.3 is 0 Å². The lowest BCUT2D eigenvalue weighted by atomic mass is 10.1. The molecular formula is C11H15FN2O. The summed E-state index contributed by atoms with van der Waals surface area (Å²) in [5, 5.41) is 0. The van der Waals surface area contributed by atoms with Crippen molar-refractivity contribution in [2.45, 2.75) is 13.0 Å². The molecule has 0 aliphatic carbocycles. The van der Waals surface area contributed by atoms with Gasteiger partial charge in [0.15, 0.2) is 0 Å². The van der Waals surface area contributed by atoms with Crippen molar-refractivity contribution in [1.29, 1.82) is 0 Å². The number of nitrogens with zero attached hydrogens (tertiary/aromatic N) is 1. The molecule has 0 spiro atoms. The number of benzene rings is 1. The molecule has 1 aliphatic rings. The largest absolute Gasteiger partial charge is 0.399 e. The van der Waals surface area contributed by atoms with Crippen molar-refractivity contribution in [3.8, 4) is 0 Å². The normalized spacial score (nSPS) is 16.5. The van der Waals surface area contributed by atoms with Gasteiger partial charge < -0.3 is 15.4 Å². The van der Waals surface area contributed by atoms with Crippen LogP contribution in [0.4, 0.5) is 15.8 Å². The Balaban J connectivity index is 2.01. The summed E-state index contributed by atoms with van der Waals surface area (Å²) in [4.78, 5) is 1.95. The van der Waals surface area contributed by atoms with Crippen LogP contribution in [0.5, 0.6) is 0 Å². The van der Waals surface area contributed by atoms with Crippen LogP contribution in [0, 0.1) is 5.82 Å². The summed E-state index contributed by atoms with van der Waals surface area (Å²) in [6, 6.07) is 4.78. The molecule has 0 radical (unpaired) electrons. The van der Waals surface area contributed by atoms with Gasteiger partial charge in [0.25, 0.3) is 0 Å². The Morgan fingerprint density at radius 3 is 2.87 bits per heavy atom. The van der Waals surface area contributed by atoms with E-state index in [0.29, 0.717) is 18.0 Å². The zero-order valence-corrected chi connectivity index (χ0v) is 8.74. The predicted molar refractivity (Wildman–Crippen MR) is 58.4 cm³/mol. The molecule has 1 aromatic carbocycles. The second kappa shape index (κ2) is 4.06. The topological polar surface area (TPSA) is 38.5 Å². The maximum Gasteiger partial charge on any atom is 0.148 e. The Bertz CT molecular complexity index is 350. The summed E-state index contributed by atoms with van der Waals surface area (Å²) >= 11 is 0. The van der Waals surface area contributed by atoms with Crippen molar-refractivity contribution in [2.75, 3.05) is 30.3 Å². The highest BCUT2D eigenvalue weighted by atomic mass is 19.1. The molecule has 0 aromatic heterocycles. The van der Waals surface area contributed by atoms with Crippen LogP contribution < -0.4 is 10.6 Å². The highest BCUT2D eigenvalue weighted by molar-refractivity contribution is 5.56. The number of rotatable bonds is 3. The maximum absolute atomic E-state index is 13.5. The Hall–Kier alpha value is -1.29. The molecule has 2 rings (SSSR count). The lowest BCUT2D eigenvalue weighted by Gasteiger charge is -2.40.